The smallest absolute Gasteiger partial charge is 0.175 e. The Morgan fingerprint density at radius 1 is 1.37 bits per heavy atom. The minimum atomic E-state index is -3.24. The number of rotatable bonds is 4. The summed E-state index contributed by atoms with van der Waals surface area (Å²) in [6, 6.07) is 5.51. The Bertz CT molecular complexity index is 557. The van der Waals surface area contributed by atoms with Gasteiger partial charge in [-0.2, -0.15) is 0 Å². The third-order valence-corrected chi connectivity index (χ3v) is 5.27. The molecule has 2 atom stereocenters. The summed E-state index contributed by atoms with van der Waals surface area (Å²) < 4.78 is 23.5. The molecular weight excluding hydrogens is 282 g/mol. The second-order valence-corrected chi connectivity index (χ2v) is 7.88. The maximum absolute atomic E-state index is 11.8. The molecule has 1 N–H and O–H groups in total. The van der Waals surface area contributed by atoms with E-state index in [0.29, 0.717) is 28.1 Å². The van der Waals surface area contributed by atoms with Gasteiger partial charge in [-0.25, -0.2) is 8.42 Å². The van der Waals surface area contributed by atoms with E-state index in [2.05, 4.69) is 12.2 Å². The van der Waals surface area contributed by atoms with Gasteiger partial charge in [-0.1, -0.05) is 24.6 Å². The monoisotopic (exact) mass is 301 g/mol. The molecule has 2 rings (SSSR count). The first-order valence-corrected chi connectivity index (χ1v) is 8.85. The van der Waals surface area contributed by atoms with Gasteiger partial charge in [0.1, 0.15) is 0 Å². The Morgan fingerprint density at radius 3 is 2.68 bits per heavy atom. The lowest BCUT2D eigenvalue weighted by Crippen LogP contribution is -2.26. The van der Waals surface area contributed by atoms with Crippen molar-refractivity contribution in [3.63, 3.8) is 0 Å². The summed E-state index contributed by atoms with van der Waals surface area (Å²) >= 11 is 6.15. The van der Waals surface area contributed by atoms with Crippen LogP contribution in [-0.4, -0.2) is 20.7 Å². The minimum absolute atomic E-state index is 0.332. The van der Waals surface area contributed by atoms with Crippen molar-refractivity contribution in [2.24, 2.45) is 5.92 Å². The first-order chi connectivity index (χ1) is 8.88. The van der Waals surface area contributed by atoms with Gasteiger partial charge in [-0.3, -0.25) is 0 Å². The van der Waals surface area contributed by atoms with Crippen LogP contribution >= 0.6 is 11.6 Å². The average Bonchev–Trinajstić information content (AvgIpc) is 2.72. The highest BCUT2D eigenvalue weighted by Crippen LogP contribution is 2.27. The van der Waals surface area contributed by atoms with E-state index in [9.17, 15) is 8.42 Å². The number of halogens is 1. The Hall–Kier alpha value is -0.580. The predicted octanol–water partition coefficient (Wildman–Crippen LogP) is 3.02. The van der Waals surface area contributed by atoms with Gasteiger partial charge in [0.25, 0.3) is 0 Å². The van der Waals surface area contributed by atoms with Crippen LogP contribution in [0.25, 0.3) is 0 Å². The van der Waals surface area contributed by atoms with Gasteiger partial charge in [0, 0.05) is 29.4 Å². The second-order valence-electron chi connectivity index (χ2n) is 5.48. The molecule has 1 fully saturated rings. The zero-order valence-electron chi connectivity index (χ0n) is 11.3. The van der Waals surface area contributed by atoms with E-state index in [1.807, 2.05) is 0 Å². The summed E-state index contributed by atoms with van der Waals surface area (Å²) in [5.74, 6) is 0.748. The van der Waals surface area contributed by atoms with E-state index in [0.717, 1.165) is 18.8 Å². The Balaban J connectivity index is 2.15. The second kappa shape index (κ2) is 5.81. The van der Waals surface area contributed by atoms with E-state index in [1.54, 1.807) is 18.2 Å². The molecule has 0 radical (unpaired) electrons. The fourth-order valence-electron chi connectivity index (χ4n) is 2.70. The van der Waals surface area contributed by atoms with Crippen molar-refractivity contribution in [2.75, 3.05) is 6.26 Å². The van der Waals surface area contributed by atoms with Gasteiger partial charge in [0.05, 0.1) is 4.90 Å². The number of hydrogen-bond donors (Lipinski definition) is 1. The van der Waals surface area contributed by atoms with Gasteiger partial charge >= 0.3 is 0 Å². The fraction of sp³-hybridized carbons (Fsp3) is 0.571. The van der Waals surface area contributed by atoms with Crippen LogP contribution in [0.5, 0.6) is 0 Å². The first-order valence-electron chi connectivity index (χ1n) is 6.58. The number of hydrogen-bond acceptors (Lipinski definition) is 3. The SMILES string of the molecule is CC1CCC(NCc2c(Cl)cccc2S(C)(=O)=O)C1. The van der Waals surface area contributed by atoms with Crippen molar-refractivity contribution in [1.82, 2.24) is 5.32 Å². The average molecular weight is 302 g/mol. The van der Waals surface area contributed by atoms with E-state index in [-0.39, 0.29) is 0 Å². The minimum Gasteiger partial charge on any atom is -0.310 e. The molecule has 1 aliphatic rings. The van der Waals surface area contributed by atoms with Crippen LogP contribution in [0.2, 0.25) is 5.02 Å². The molecule has 0 amide bonds. The molecule has 1 aliphatic carbocycles. The van der Waals surface area contributed by atoms with E-state index < -0.39 is 9.84 Å². The molecule has 0 saturated heterocycles. The zero-order chi connectivity index (χ0) is 14.0. The lowest BCUT2D eigenvalue weighted by atomic mass is 10.1. The molecule has 106 valence electrons. The number of sulfone groups is 1. The summed E-state index contributed by atoms with van der Waals surface area (Å²) in [6.45, 7) is 2.76. The van der Waals surface area contributed by atoms with Crippen LogP contribution < -0.4 is 5.32 Å². The van der Waals surface area contributed by atoms with Crippen molar-refractivity contribution in [1.29, 1.82) is 0 Å². The highest BCUT2D eigenvalue weighted by atomic mass is 35.5. The van der Waals surface area contributed by atoms with E-state index in [4.69, 9.17) is 11.6 Å². The van der Waals surface area contributed by atoms with E-state index >= 15 is 0 Å². The topological polar surface area (TPSA) is 46.2 Å². The third-order valence-electron chi connectivity index (χ3n) is 3.74. The highest BCUT2D eigenvalue weighted by Gasteiger charge is 2.22. The Morgan fingerprint density at radius 2 is 2.11 bits per heavy atom. The molecule has 0 bridgehead atoms. The lowest BCUT2D eigenvalue weighted by Gasteiger charge is -2.15. The quantitative estimate of drug-likeness (QED) is 0.930. The van der Waals surface area contributed by atoms with Gasteiger partial charge < -0.3 is 5.32 Å². The summed E-state index contributed by atoms with van der Waals surface area (Å²) in [6.07, 6.45) is 4.76. The van der Waals surface area contributed by atoms with Crippen LogP contribution in [-0.2, 0) is 16.4 Å². The molecule has 5 heteroatoms. The van der Waals surface area contributed by atoms with Gasteiger partial charge in [-0.05, 0) is 37.3 Å². The Labute approximate surface area is 120 Å². The molecule has 1 aromatic carbocycles. The third kappa shape index (κ3) is 3.71. The fourth-order valence-corrected chi connectivity index (χ4v) is 3.95. The molecule has 2 unspecified atom stereocenters. The normalized spacial score (nSPS) is 23.7. The van der Waals surface area contributed by atoms with Crippen molar-refractivity contribution in [3.05, 3.63) is 28.8 Å². The van der Waals surface area contributed by atoms with E-state index in [1.165, 1.54) is 12.7 Å². The van der Waals surface area contributed by atoms with Crippen LogP contribution in [0.3, 0.4) is 0 Å². The van der Waals surface area contributed by atoms with Gasteiger partial charge in [0.2, 0.25) is 0 Å². The summed E-state index contributed by atoms with van der Waals surface area (Å²) in [5, 5.41) is 3.95. The summed E-state index contributed by atoms with van der Waals surface area (Å²) in [7, 11) is -3.24. The number of nitrogens with one attached hydrogen (secondary N) is 1. The molecule has 19 heavy (non-hydrogen) atoms. The maximum atomic E-state index is 11.8. The van der Waals surface area contributed by atoms with Gasteiger partial charge in [0.15, 0.2) is 9.84 Å². The predicted molar refractivity (Wildman–Crippen MR) is 78.2 cm³/mol. The molecule has 0 aliphatic heterocycles. The van der Waals surface area contributed by atoms with Crippen LogP contribution in [0, 0.1) is 5.92 Å². The van der Waals surface area contributed by atoms with Crippen LogP contribution in [0.1, 0.15) is 31.7 Å². The molecule has 0 heterocycles. The largest absolute Gasteiger partial charge is 0.310 e. The van der Waals surface area contributed by atoms with Crippen LogP contribution in [0.15, 0.2) is 23.1 Å². The lowest BCUT2D eigenvalue weighted by molar-refractivity contribution is 0.499. The zero-order valence-corrected chi connectivity index (χ0v) is 12.9. The molecule has 3 nitrogen and oxygen atoms in total. The summed E-state index contributed by atoms with van der Waals surface area (Å²) in [4.78, 5) is 0.332. The first kappa shape index (κ1) is 14.8. The molecule has 1 aromatic rings. The molecule has 1 saturated carbocycles. The molecular formula is C14H20ClNO2S. The Kier molecular flexibility index (Phi) is 4.54. The van der Waals surface area contributed by atoms with Gasteiger partial charge in [-0.15, -0.1) is 0 Å². The van der Waals surface area contributed by atoms with Crippen molar-refractivity contribution in [3.8, 4) is 0 Å². The molecule has 0 spiro atoms. The molecule has 0 aromatic heterocycles. The van der Waals surface area contributed by atoms with Crippen molar-refractivity contribution < 1.29 is 8.42 Å². The van der Waals surface area contributed by atoms with Crippen LogP contribution in [0.4, 0.5) is 0 Å². The standard InChI is InChI=1S/C14H20ClNO2S/c1-10-6-7-11(8-10)16-9-12-13(15)4-3-5-14(12)19(2,17)18/h3-5,10-11,16H,6-9H2,1-2H3. The maximum Gasteiger partial charge on any atom is 0.175 e. The summed E-state index contributed by atoms with van der Waals surface area (Å²) in [5.41, 5.74) is 0.686. The number of benzene rings is 1. The highest BCUT2D eigenvalue weighted by molar-refractivity contribution is 7.90. The van der Waals surface area contributed by atoms with Crippen molar-refractivity contribution >= 4 is 21.4 Å². The van der Waals surface area contributed by atoms with Crippen molar-refractivity contribution in [2.45, 2.75) is 43.7 Å².